The van der Waals surface area contributed by atoms with Gasteiger partial charge in [0.2, 0.25) is 0 Å². The highest BCUT2D eigenvalue weighted by Crippen LogP contribution is 2.33. The molecule has 4 N–H and O–H groups in total. The molecule has 1 unspecified atom stereocenters. The van der Waals surface area contributed by atoms with Crippen LogP contribution in [0.1, 0.15) is 23.2 Å². The molecule has 5 heteroatoms. The van der Waals surface area contributed by atoms with Crippen molar-refractivity contribution in [1.29, 1.82) is 0 Å². The van der Waals surface area contributed by atoms with Crippen molar-refractivity contribution in [2.75, 3.05) is 18.5 Å². The van der Waals surface area contributed by atoms with Crippen LogP contribution in [0.25, 0.3) is 0 Å². The summed E-state index contributed by atoms with van der Waals surface area (Å²) in [4.78, 5) is 11.0. The Hall–Kier alpha value is -1.75. The van der Waals surface area contributed by atoms with E-state index in [2.05, 4.69) is 5.32 Å². The summed E-state index contributed by atoms with van der Waals surface area (Å²) in [6.07, 6.45) is 1.85. The number of carboxylic acids is 1. The number of carbonyl (C=O) groups is 1. The summed E-state index contributed by atoms with van der Waals surface area (Å²) < 4.78 is 5.54. The standard InChI is InChI=1S/C12H16N2O3/c13-6-2-3-8-7-17-11-9(12(15)16)4-1-5-10(11)14-8/h1,4-5,8,14H,2-3,6-7,13H2,(H,15,16). The zero-order valence-electron chi connectivity index (χ0n) is 9.48. The Morgan fingerprint density at radius 2 is 2.41 bits per heavy atom. The van der Waals surface area contributed by atoms with E-state index in [0.29, 0.717) is 18.9 Å². The van der Waals surface area contributed by atoms with Crippen molar-refractivity contribution < 1.29 is 14.6 Å². The lowest BCUT2D eigenvalue weighted by atomic mass is 10.1. The molecule has 1 aliphatic rings. The molecular formula is C12H16N2O3. The van der Waals surface area contributed by atoms with Crippen LogP contribution in [0.4, 0.5) is 5.69 Å². The summed E-state index contributed by atoms with van der Waals surface area (Å²) in [5.74, 6) is -0.534. The highest BCUT2D eigenvalue weighted by molar-refractivity contribution is 5.93. The van der Waals surface area contributed by atoms with E-state index in [0.717, 1.165) is 18.5 Å². The topological polar surface area (TPSA) is 84.6 Å². The van der Waals surface area contributed by atoms with Gasteiger partial charge in [-0.2, -0.15) is 0 Å². The molecule has 0 aliphatic carbocycles. The Balaban J connectivity index is 2.16. The first-order valence-electron chi connectivity index (χ1n) is 5.68. The number of ether oxygens (including phenoxy) is 1. The molecule has 0 fully saturated rings. The molecule has 0 bridgehead atoms. The summed E-state index contributed by atoms with van der Waals surface area (Å²) in [6, 6.07) is 5.29. The molecule has 1 heterocycles. The molecule has 0 aromatic heterocycles. The van der Waals surface area contributed by atoms with E-state index in [1.165, 1.54) is 0 Å². The Morgan fingerprint density at radius 1 is 1.59 bits per heavy atom. The van der Waals surface area contributed by atoms with E-state index >= 15 is 0 Å². The predicted molar refractivity (Wildman–Crippen MR) is 64.6 cm³/mol. The number of nitrogens with one attached hydrogen (secondary N) is 1. The number of carboxylic acid groups (broad SMARTS) is 1. The lowest BCUT2D eigenvalue weighted by Gasteiger charge is -2.28. The van der Waals surface area contributed by atoms with Crippen molar-refractivity contribution in [3.8, 4) is 5.75 Å². The fourth-order valence-corrected chi connectivity index (χ4v) is 1.94. The fourth-order valence-electron chi connectivity index (χ4n) is 1.94. The molecule has 2 rings (SSSR count). The molecule has 0 spiro atoms. The Morgan fingerprint density at radius 3 is 3.12 bits per heavy atom. The summed E-state index contributed by atoms with van der Waals surface area (Å²) in [5, 5.41) is 12.3. The average Bonchev–Trinajstić information content (AvgIpc) is 2.35. The SMILES string of the molecule is NCCCC1COc2c(cccc2C(=O)O)N1. The maximum atomic E-state index is 11.0. The second kappa shape index (κ2) is 5.05. The van der Waals surface area contributed by atoms with Crippen LogP contribution in [-0.2, 0) is 0 Å². The van der Waals surface area contributed by atoms with E-state index in [1.807, 2.05) is 6.07 Å². The van der Waals surface area contributed by atoms with Crippen LogP contribution >= 0.6 is 0 Å². The molecule has 0 saturated carbocycles. The van der Waals surface area contributed by atoms with Gasteiger partial charge >= 0.3 is 5.97 Å². The van der Waals surface area contributed by atoms with Gasteiger partial charge in [0.1, 0.15) is 12.2 Å². The molecule has 5 nitrogen and oxygen atoms in total. The number of hydrogen-bond donors (Lipinski definition) is 3. The monoisotopic (exact) mass is 236 g/mol. The van der Waals surface area contributed by atoms with Crippen LogP contribution < -0.4 is 15.8 Å². The number of nitrogens with two attached hydrogens (primary N) is 1. The van der Waals surface area contributed by atoms with Crippen molar-refractivity contribution in [3.05, 3.63) is 23.8 Å². The minimum atomic E-state index is -0.968. The van der Waals surface area contributed by atoms with E-state index < -0.39 is 5.97 Å². The fraction of sp³-hybridized carbons (Fsp3) is 0.417. The quantitative estimate of drug-likeness (QED) is 0.733. The zero-order chi connectivity index (χ0) is 12.3. The minimum Gasteiger partial charge on any atom is -0.488 e. The number of anilines is 1. The maximum absolute atomic E-state index is 11.0. The first-order valence-corrected chi connectivity index (χ1v) is 5.68. The first-order chi connectivity index (χ1) is 8.22. The molecule has 1 aromatic rings. The second-order valence-corrected chi connectivity index (χ2v) is 4.07. The third-order valence-corrected chi connectivity index (χ3v) is 2.79. The number of aromatic carboxylic acids is 1. The number of hydrogen-bond acceptors (Lipinski definition) is 4. The molecule has 1 atom stereocenters. The summed E-state index contributed by atoms with van der Waals surface area (Å²) in [6.45, 7) is 1.14. The summed E-state index contributed by atoms with van der Waals surface area (Å²) >= 11 is 0. The van der Waals surface area contributed by atoms with Gasteiger partial charge in [0.05, 0.1) is 11.7 Å². The van der Waals surface area contributed by atoms with Crippen molar-refractivity contribution in [1.82, 2.24) is 0 Å². The molecule has 92 valence electrons. The Bertz CT molecular complexity index is 420. The second-order valence-electron chi connectivity index (χ2n) is 4.07. The molecular weight excluding hydrogens is 220 g/mol. The van der Waals surface area contributed by atoms with Crippen LogP contribution in [0.2, 0.25) is 0 Å². The van der Waals surface area contributed by atoms with Crippen LogP contribution in [-0.4, -0.2) is 30.3 Å². The lowest BCUT2D eigenvalue weighted by Crippen LogP contribution is -2.32. The van der Waals surface area contributed by atoms with Crippen molar-refractivity contribution in [2.45, 2.75) is 18.9 Å². The number of para-hydroxylation sites is 1. The highest BCUT2D eigenvalue weighted by Gasteiger charge is 2.23. The normalized spacial score (nSPS) is 17.8. The van der Waals surface area contributed by atoms with E-state index in [-0.39, 0.29) is 11.6 Å². The van der Waals surface area contributed by atoms with Gasteiger partial charge in [-0.1, -0.05) is 6.07 Å². The largest absolute Gasteiger partial charge is 0.488 e. The highest BCUT2D eigenvalue weighted by atomic mass is 16.5. The smallest absolute Gasteiger partial charge is 0.339 e. The zero-order valence-corrected chi connectivity index (χ0v) is 9.48. The van der Waals surface area contributed by atoms with E-state index in [9.17, 15) is 4.79 Å². The molecule has 0 amide bonds. The lowest BCUT2D eigenvalue weighted by molar-refractivity contribution is 0.0691. The molecule has 1 aliphatic heterocycles. The number of fused-ring (bicyclic) bond motifs is 1. The number of rotatable bonds is 4. The van der Waals surface area contributed by atoms with Gasteiger partial charge in [-0.15, -0.1) is 0 Å². The van der Waals surface area contributed by atoms with Gasteiger partial charge in [0.25, 0.3) is 0 Å². The minimum absolute atomic E-state index is 0.201. The van der Waals surface area contributed by atoms with Gasteiger partial charge < -0.3 is 20.9 Å². The molecule has 1 aromatic carbocycles. The van der Waals surface area contributed by atoms with Gasteiger partial charge in [0, 0.05) is 0 Å². The maximum Gasteiger partial charge on any atom is 0.339 e. The Kier molecular flexibility index (Phi) is 3.49. The average molecular weight is 236 g/mol. The molecule has 0 saturated heterocycles. The third kappa shape index (κ3) is 2.50. The summed E-state index contributed by atoms with van der Waals surface area (Å²) in [5.41, 5.74) is 6.41. The van der Waals surface area contributed by atoms with Gasteiger partial charge in [-0.25, -0.2) is 4.79 Å². The van der Waals surface area contributed by atoms with Crippen LogP contribution in [0.15, 0.2) is 18.2 Å². The molecule has 0 radical (unpaired) electrons. The number of benzene rings is 1. The first kappa shape index (κ1) is 11.7. The molecule has 17 heavy (non-hydrogen) atoms. The summed E-state index contributed by atoms with van der Waals surface area (Å²) in [7, 11) is 0. The van der Waals surface area contributed by atoms with Crippen LogP contribution in [0, 0.1) is 0 Å². The van der Waals surface area contributed by atoms with Gasteiger partial charge in [0.15, 0.2) is 5.75 Å². The van der Waals surface area contributed by atoms with Crippen LogP contribution in [0.3, 0.4) is 0 Å². The van der Waals surface area contributed by atoms with Gasteiger partial charge in [-0.3, -0.25) is 0 Å². The predicted octanol–water partition coefficient (Wildman–Crippen LogP) is 1.30. The van der Waals surface area contributed by atoms with E-state index in [1.54, 1.807) is 12.1 Å². The Labute approximate surface area is 99.6 Å². The van der Waals surface area contributed by atoms with Crippen molar-refractivity contribution in [3.63, 3.8) is 0 Å². The van der Waals surface area contributed by atoms with Crippen LogP contribution in [0.5, 0.6) is 5.75 Å². The van der Waals surface area contributed by atoms with Gasteiger partial charge in [-0.05, 0) is 31.5 Å². The van der Waals surface area contributed by atoms with Crippen molar-refractivity contribution in [2.24, 2.45) is 5.73 Å². The van der Waals surface area contributed by atoms with Crippen molar-refractivity contribution >= 4 is 11.7 Å². The van der Waals surface area contributed by atoms with E-state index in [4.69, 9.17) is 15.6 Å². The third-order valence-electron chi connectivity index (χ3n) is 2.79.